The fourth-order valence-electron chi connectivity index (χ4n) is 2.67. The van der Waals surface area contributed by atoms with Crippen molar-refractivity contribution in [3.63, 3.8) is 0 Å². The molecule has 2 rings (SSSR count). The lowest BCUT2D eigenvalue weighted by atomic mass is 9.98. The summed E-state index contributed by atoms with van der Waals surface area (Å²) in [5.41, 5.74) is 3.33. The van der Waals surface area contributed by atoms with Gasteiger partial charge in [0.15, 0.2) is 0 Å². The molecule has 2 heterocycles. The summed E-state index contributed by atoms with van der Waals surface area (Å²) in [6.45, 7) is 7.26. The Morgan fingerprint density at radius 3 is 2.76 bits per heavy atom. The summed E-state index contributed by atoms with van der Waals surface area (Å²) in [5, 5.41) is 8.72. The maximum absolute atomic E-state index is 6.38. The Morgan fingerprint density at radius 1 is 1.43 bits per heavy atom. The minimum Gasteiger partial charge on any atom is -0.469 e. The van der Waals surface area contributed by atoms with Crippen molar-refractivity contribution in [1.82, 2.24) is 15.1 Å². The molecule has 4 nitrogen and oxygen atoms in total. The van der Waals surface area contributed by atoms with Crippen LogP contribution in [0.2, 0.25) is 5.15 Å². The molecule has 1 atom stereocenters. The van der Waals surface area contributed by atoms with Gasteiger partial charge in [-0.05, 0) is 32.4 Å². The maximum atomic E-state index is 6.38. The summed E-state index contributed by atoms with van der Waals surface area (Å²) in [5.74, 6) is 1.04. The molecule has 5 heteroatoms. The second-order valence-corrected chi connectivity index (χ2v) is 5.70. The molecule has 0 fully saturated rings. The molecule has 0 saturated heterocycles. The molecule has 2 aromatic rings. The minimum absolute atomic E-state index is 0.207. The molecular formula is C16H24ClN3O. The van der Waals surface area contributed by atoms with Crippen molar-refractivity contribution < 1.29 is 4.42 Å². The molecule has 0 bridgehead atoms. The SMILES string of the molecule is CCCNC(Cc1c(C)nn(C)c1Cl)c1ccoc1CC. The zero-order valence-electron chi connectivity index (χ0n) is 13.2. The molecule has 0 radical (unpaired) electrons. The Hall–Kier alpha value is -1.26. The average molecular weight is 310 g/mol. The van der Waals surface area contributed by atoms with Crippen molar-refractivity contribution in [3.05, 3.63) is 40.1 Å². The van der Waals surface area contributed by atoms with Crippen LogP contribution in [0.4, 0.5) is 0 Å². The number of hydrogen-bond acceptors (Lipinski definition) is 3. The van der Waals surface area contributed by atoms with Gasteiger partial charge in [-0.25, -0.2) is 0 Å². The molecule has 0 amide bonds. The van der Waals surface area contributed by atoms with Gasteiger partial charge >= 0.3 is 0 Å². The monoisotopic (exact) mass is 309 g/mol. The van der Waals surface area contributed by atoms with Gasteiger partial charge in [-0.1, -0.05) is 25.4 Å². The summed E-state index contributed by atoms with van der Waals surface area (Å²) in [6.07, 6.45) is 4.58. The highest BCUT2D eigenvalue weighted by Crippen LogP contribution is 2.28. The van der Waals surface area contributed by atoms with Gasteiger partial charge in [0.2, 0.25) is 0 Å². The topological polar surface area (TPSA) is 43.0 Å². The molecule has 1 unspecified atom stereocenters. The second-order valence-electron chi connectivity index (χ2n) is 5.34. The number of aromatic nitrogens is 2. The van der Waals surface area contributed by atoms with E-state index in [1.54, 1.807) is 10.9 Å². The number of rotatable bonds is 7. The van der Waals surface area contributed by atoms with E-state index in [2.05, 4.69) is 30.3 Å². The highest BCUT2D eigenvalue weighted by Gasteiger charge is 2.21. The van der Waals surface area contributed by atoms with E-state index < -0.39 is 0 Å². The van der Waals surface area contributed by atoms with E-state index in [0.29, 0.717) is 0 Å². The van der Waals surface area contributed by atoms with Crippen LogP contribution in [0.1, 0.15) is 48.9 Å². The van der Waals surface area contributed by atoms with Gasteiger partial charge in [0.1, 0.15) is 10.9 Å². The fraction of sp³-hybridized carbons (Fsp3) is 0.562. The van der Waals surface area contributed by atoms with E-state index in [0.717, 1.165) is 48.0 Å². The first-order valence-corrected chi connectivity index (χ1v) is 7.93. The van der Waals surface area contributed by atoms with Crippen LogP contribution in [-0.4, -0.2) is 16.3 Å². The van der Waals surface area contributed by atoms with Gasteiger partial charge in [0.25, 0.3) is 0 Å². The Bertz CT molecular complexity index is 588. The van der Waals surface area contributed by atoms with Crippen molar-refractivity contribution >= 4 is 11.6 Å². The van der Waals surface area contributed by atoms with Gasteiger partial charge in [0.05, 0.1) is 12.0 Å². The third-order valence-corrected chi connectivity index (χ3v) is 4.27. The third kappa shape index (κ3) is 3.50. The lowest BCUT2D eigenvalue weighted by molar-refractivity contribution is 0.481. The smallest absolute Gasteiger partial charge is 0.130 e. The molecule has 0 aliphatic carbocycles. The second kappa shape index (κ2) is 7.14. The summed E-state index contributed by atoms with van der Waals surface area (Å²) < 4.78 is 7.32. The van der Waals surface area contributed by atoms with Gasteiger partial charge < -0.3 is 9.73 Å². The van der Waals surface area contributed by atoms with Crippen LogP contribution < -0.4 is 5.32 Å². The highest BCUT2D eigenvalue weighted by molar-refractivity contribution is 6.30. The number of furan rings is 1. The van der Waals surface area contributed by atoms with Crippen molar-refractivity contribution in [2.45, 2.75) is 46.1 Å². The number of hydrogen-bond donors (Lipinski definition) is 1. The third-order valence-electron chi connectivity index (χ3n) is 3.80. The Morgan fingerprint density at radius 2 is 2.19 bits per heavy atom. The first-order chi connectivity index (χ1) is 10.1. The first-order valence-electron chi connectivity index (χ1n) is 7.56. The Balaban J connectivity index is 2.28. The average Bonchev–Trinajstić information content (AvgIpc) is 3.02. The van der Waals surface area contributed by atoms with Crippen molar-refractivity contribution in [2.75, 3.05) is 6.54 Å². The number of halogens is 1. The zero-order valence-corrected chi connectivity index (χ0v) is 14.0. The maximum Gasteiger partial charge on any atom is 0.130 e. The first kappa shape index (κ1) is 16.1. The zero-order chi connectivity index (χ0) is 15.4. The van der Waals surface area contributed by atoms with E-state index in [1.165, 1.54) is 5.56 Å². The molecule has 2 aromatic heterocycles. The van der Waals surface area contributed by atoms with Crippen molar-refractivity contribution in [2.24, 2.45) is 7.05 Å². The molecule has 0 saturated carbocycles. The van der Waals surface area contributed by atoms with Crippen LogP contribution in [0.5, 0.6) is 0 Å². The predicted molar refractivity (Wildman–Crippen MR) is 85.8 cm³/mol. The van der Waals surface area contributed by atoms with Gasteiger partial charge in [-0.2, -0.15) is 5.10 Å². The van der Waals surface area contributed by atoms with Crippen LogP contribution >= 0.6 is 11.6 Å². The number of nitrogens with zero attached hydrogens (tertiary/aromatic N) is 2. The molecule has 21 heavy (non-hydrogen) atoms. The predicted octanol–water partition coefficient (Wildman–Crippen LogP) is 3.82. The van der Waals surface area contributed by atoms with Crippen LogP contribution in [0.25, 0.3) is 0 Å². The summed E-state index contributed by atoms with van der Waals surface area (Å²) in [4.78, 5) is 0. The van der Waals surface area contributed by atoms with Gasteiger partial charge in [0, 0.05) is 30.6 Å². The highest BCUT2D eigenvalue weighted by atomic mass is 35.5. The molecule has 0 aromatic carbocycles. The van der Waals surface area contributed by atoms with E-state index in [4.69, 9.17) is 16.0 Å². The fourth-order valence-corrected chi connectivity index (χ4v) is 2.92. The lowest BCUT2D eigenvalue weighted by Gasteiger charge is -2.18. The van der Waals surface area contributed by atoms with Gasteiger partial charge in [-0.3, -0.25) is 4.68 Å². The van der Waals surface area contributed by atoms with Crippen LogP contribution in [-0.2, 0) is 19.9 Å². The van der Waals surface area contributed by atoms with Crippen molar-refractivity contribution in [3.8, 4) is 0 Å². The standard InChI is InChI=1S/C16H24ClN3O/c1-5-8-18-14(12-7-9-21-15(12)6-2)10-13-11(3)19-20(4)16(13)17/h7,9,14,18H,5-6,8,10H2,1-4H3. The lowest BCUT2D eigenvalue weighted by Crippen LogP contribution is -2.24. The minimum atomic E-state index is 0.207. The van der Waals surface area contributed by atoms with Crippen LogP contribution in [0, 0.1) is 6.92 Å². The molecule has 0 aliphatic heterocycles. The van der Waals surface area contributed by atoms with Crippen molar-refractivity contribution in [1.29, 1.82) is 0 Å². The normalized spacial score (nSPS) is 12.8. The number of nitrogens with one attached hydrogen (secondary N) is 1. The molecule has 116 valence electrons. The van der Waals surface area contributed by atoms with E-state index in [9.17, 15) is 0 Å². The largest absolute Gasteiger partial charge is 0.469 e. The van der Waals surface area contributed by atoms with Crippen LogP contribution in [0.3, 0.4) is 0 Å². The van der Waals surface area contributed by atoms with E-state index in [-0.39, 0.29) is 6.04 Å². The summed E-state index contributed by atoms with van der Waals surface area (Å²) >= 11 is 6.38. The van der Waals surface area contributed by atoms with E-state index >= 15 is 0 Å². The van der Waals surface area contributed by atoms with Crippen LogP contribution in [0.15, 0.2) is 16.7 Å². The quantitative estimate of drug-likeness (QED) is 0.845. The Kier molecular flexibility index (Phi) is 5.48. The van der Waals surface area contributed by atoms with E-state index in [1.807, 2.05) is 14.0 Å². The van der Waals surface area contributed by atoms with Gasteiger partial charge in [-0.15, -0.1) is 0 Å². The summed E-state index contributed by atoms with van der Waals surface area (Å²) in [7, 11) is 1.88. The molecular weight excluding hydrogens is 286 g/mol. The molecule has 0 spiro atoms. The summed E-state index contributed by atoms with van der Waals surface area (Å²) in [6, 6.07) is 2.27. The molecule has 1 N–H and O–H groups in total. The Labute approximate surface area is 131 Å². The number of aryl methyl sites for hydroxylation is 3. The molecule has 0 aliphatic rings.